The van der Waals surface area contributed by atoms with Crippen LogP contribution < -0.4 is 4.90 Å². The summed E-state index contributed by atoms with van der Waals surface area (Å²) in [5.74, 6) is 0.569. The number of hydrogen-bond donors (Lipinski definition) is 0. The third-order valence-corrected chi connectivity index (χ3v) is 9.16. The van der Waals surface area contributed by atoms with E-state index in [2.05, 4.69) is 94.8 Å². The third-order valence-electron chi connectivity index (χ3n) is 9.16. The minimum atomic E-state index is 0.451. The lowest BCUT2D eigenvalue weighted by molar-refractivity contribution is 0.620. The highest BCUT2D eigenvalue weighted by Gasteiger charge is 2.17. The lowest BCUT2D eigenvalue weighted by Gasteiger charge is -2.26. The van der Waals surface area contributed by atoms with Crippen molar-refractivity contribution >= 4 is 50.1 Å². The standard InChI is InChI=1S/C45H26N4O2/c46-27-29-24-30(28-47)26-34(25-29)31-12-18-35(19-13-31)49(37-22-16-33(17-23-37)45-48-41-9-2-4-11-43(41)51-45)36-20-14-32(15-21-36)38-7-5-8-40-39-6-1-3-10-42(39)50-44(38)40/h1-26H. The summed E-state index contributed by atoms with van der Waals surface area (Å²) in [6.45, 7) is 0. The van der Waals surface area contributed by atoms with E-state index in [1.807, 2.05) is 66.7 Å². The van der Waals surface area contributed by atoms with Crippen molar-refractivity contribution < 1.29 is 8.83 Å². The number of anilines is 3. The Kier molecular flexibility index (Phi) is 7.13. The van der Waals surface area contributed by atoms with Crippen molar-refractivity contribution in [2.24, 2.45) is 0 Å². The van der Waals surface area contributed by atoms with Crippen LogP contribution in [0.25, 0.3) is 66.7 Å². The second-order valence-electron chi connectivity index (χ2n) is 12.3. The third kappa shape index (κ3) is 5.34. The monoisotopic (exact) mass is 654 g/mol. The Morgan fingerprint density at radius 3 is 1.69 bits per heavy atom. The van der Waals surface area contributed by atoms with Gasteiger partial charge in [0.25, 0.3) is 0 Å². The Labute approximate surface area is 293 Å². The van der Waals surface area contributed by atoms with Gasteiger partial charge in [-0.15, -0.1) is 0 Å². The molecule has 0 fully saturated rings. The molecule has 0 saturated heterocycles. The van der Waals surface area contributed by atoms with Crippen LogP contribution in [0, 0.1) is 22.7 Å². The predicted octanol–water partition coefficient (Wildman–Crippen LogP) is 11.9. The Morgan fingerprint density at radius 2 is 1.04 bits per heavy atom. The van der Waals surface area contributed by atoms with E-state index in [-0.39, 0.29) is 0 Å². The zero-order chi connectivity index (χ0) is 34.3. The molecule has 0 bridgehead atoms. The molecule has 0 spiro atoms. The predicted molar refractivity (Wildman–Crippen MR) is 202 cm³/mol. The molecule has 0 atom stereocenters. The fourth-order valence-corrected chi connectivity index (χ4v) is 6.69. The summed E-state index contributed by atoms with van der Waals surface area (Å²) in [6, 6.07) is 56.5. The minimum absolute atomic E-state index is 0.451. The SMILES string of the molecule is N#Cc1cc(C#N)cc(-c2ccc(N(c3ccc(-c4nc5ccccc5o4)cc3)c3ccc(-c4cccc5c4oc4ccccc45)cc3)cc2)c1. The number of hydrogen-bond acceptors (Lipinski definition) is 6. The molecule has 0 saturated carbocycles. The highest BCUT2D eigenvalue weighted by atomic mass is 16.3. The molecule has 6 nitrogen and oxygen atoms in total. The Hall–Kier alpha value is -7.41. The molecule has 51 heavy (non-hydrogen) atoms. The molecule has 9 rings (SSSR count). The summed E-state index contributed by atoms with van der Waals surface area (Å²) in [5, 5.41) is 21.2. The molecule has 0 N–H and O–H groups in total. The van der Waals surface area contributed by atoms with E-state index in [4.69, 9.17) is 8.83 Å². The van der Waals surface area contributed by atoms with Crippen LogP contribution in [0.4, 0.5) is 17.1 Å². The van der Waals surface area contributed by atoms with Gasteiger partial charge in [0, 0.05) is 39.0 Å². The number of furan rings is 1. The fourth-order valence-electron chi connectivity index (χ4n) is 6.69. The average Bonchev–Trinajstić information content (AvgIpc) is 3.81. The number of nitriles is 2. The zero-order valence-electron chi connectivity index (χ0n) is 27.1. The van der Waals surface area contributed by atoms with E-state index in [0.717, 1.165) is 77.9 Å². The topological polar surface area (TPSA) is 90.0 Å². The zero-order valence-corrected chi connectivity index (χ0v) is 27.1. The summed E-state index contributed by atoms with van der Waals surface area (Å²) in [7, 11) is 0. The van der Waals surface area contributed by atoms with E-state index >= 15 is 0 Å². The number of aromatic nitrogens is 1. The van der Waals surface area contributed by atoms with E-state index < -0.39 is 0 Å². The van der Waals surface area contributed by atoms with Gasteiger partial charge in [0.05, 0.1) is 23.3 Å². The van der Waals surface area contributed by atoms with Crippen LogP contribution in [0.5, 0.6) is 0 Å². The van der Waals surface area contributed by atoms with Crippen LogP contribution >= 0.6 is 0 Å². The van der Waals surface area contributed by atoms with Crippen LogP contribution in [-0.4, -0.2) is 4.98 Å². The second-order valence-corrected chi connectivity index (χ2v) is 12.3. The van der Waals surface area contributed by atoms with Crippen molar-refractivity contribution in [3.63, 3.8) is 0 Å². The summed E-state index contributed by atoms with van der Waals surface area (Å²) in [6.07, 6.45) is 0. The van der Waals surface area contributed by atoms with E-state index in [1.54, 1.807) is 18.2 Å². The number of nitrogens with zero attached hydrogens (tertiary/aromatic N) is 4. The molecule has 0 aliphatic rings. The van der Waals surface area contributed by atoms with Crippen molar-refractivity contribution in [2.45, 2.75) is 0 Å². The van der Waals surface area contributed by atoms with Gasteiger partial charge in [-0.1, -0.05) is 72.8 Å². The molecule has 0 aliphatic carbocycles. The van der Waals surface area contributed by atoms with Gasteiger partial charge in [-0.2, -0.15) is 10.5 Å². The van der Waals surface area contributed by atoms with Crippen molar-refractivity contribution in [3.05, 3.63) is 169 Å². The molecule has 2 aromatic heterocycles. The maximum Gasteiger partial charge on any atom is 0.227 e. The Balaban J connectivity index is 1.11. The maximum atomic E-state index is 9.52. The first-order valence-electron chi connectivity index (χ1n) is 16.5. The molecule has 9 aromatic rings. The summed E-state index contributed by atoms with van der Waals surface area (Å²) >= 11 is 0. The normalized spacial score (nSPS) is 11.1. The van der Waals surface area contributed by atoms with Gasteiger partial charge in [-0.05, 0) is 102 Å². The molecule has 238 valence electrons. The summed E-state index contributed by atoms with van der Waals surface area (Å²) in [4.78, 5) is 6.87. The summed E-state index contributed by atoms with van der Waals surface area (Å²) < 4.78 is 12.4. The highest BCUT2D eigenvalue weighted by Crippen LogP contribution is 2.40. The van der Waals surface area contributed by atoms with Gasteiger partial charge in [0.15, 0.2) is 5.58 Å². The number of benzene rings is 7. The largest absolute Gasteiger partial charge is 0.455 e. The lowest BCUT2D eigenvalue weighted by Crippen LogP contribution is -2.09. The molecule has 7 aromatic carbocycles. The number of oxazole rings is 1. The molecule has 0 amide bonds. The lowest BCUT2D eigenvalue weighted by atomic mass is 9.99. The number of rotatable bonds is 6. The molecule has 0 aliphatic heterocycles. The van der Waals surface area contributed by atoms with Crippen LogP contribution in [0.2, 0.25) is 0 Å². The van der Waals surface area contributed by atoms with Gasteiger partial charge < -0.3 is 13.7 Å². The smallest absolute Gasteiger partial charge is 0.227 e. The Bertz CT molecular complexity index is 2750. The number of para-hydroxylation sites is 4. The number of fused-ring (bicyclic) bond motifs is 4. The van der Waals surface area contributed by atoms with E-state index in [9.17, 15) is 10.5 Å². The van der Waals surface area contributed by atoms with Crippen molar-refractivity contribution in [1.82, 2.24) is 4.98 Å². The molecular weight excluding hydrogens is 629 g/mol. The Morgan fingerprint density at radius 1 is 0.471 bits per heavy atom. The maximum absolute atomic E-state index is 9.52. The molecule has 6 heteroatoms. The van der Waals surface area contributed by atoms with E-state index in [0.29, 0.717) is 17.0 Å². The molecule has 2 heterocycles. The second kappa shape index (κ2) is 12.2. The van der Waals surface area contributed by atoms with Gasteiger partial charge in [-0.25, -0.2) is 4.98 Å². The minimum Gasteiger partial charge on any atom is -0.455 e. The molecular formula is C45H26N4O2. The average molecular weight is 655 g/mol. The van der Waals surface area contributed by atoms with Crippen molar-refractivity contribution in [1.29, 1.82) is 10.5 Å². The van der Waals surface area contributed by atoms with Crippen LogP contribution in [0.3, 0.4) is 0 Å². The van der Waals surface area contributed by atoms with E-state index in [1.165, 1.54) is 0 Å². The van der Waals surface area contributed by atoms with Crippen LogP contribution in [0.1, 0.15) is 11.1 Å². The molecule has 0 radical (unpaired) electrons. The summed E-state index contributed by atoms with van der Waals surface area (Å²) in [5.41, 5.74) is 11.8. The first kappa shape index (κ1) is 29.7. The van der Waals surface area contributed by atoms with Crippen molar-refractivity contribution in [3.8, 4) is 45.8 Å². The first-order valence-corrected chi connectivity index (χ1v) is 16.5. The van der Waals surface area contributed by atoms with Crippen LogP contribution in [0.15, 0.2) is 167 Å². The van der Waals surface area contributed by atoms with Gasteiger partial charge in [-0.3, -0.25) is 0 Å². The fraction of sp³-hybridized carbons (Fsp3) is 0. The van der Waals surface area contributed by atoms with Gasteiger partial charge in [0.2, 0.25) is 5.89 Å². The quantitative estimate of drug-likeness (QED) is 0.177. The van der Waals surface area contributed by atoms with Gasteiger partial charge >= 0.3 is 0 Å². The first-order chi connectivity index (χ1) is 25.1. The van der Waals surface area contributed by atoms with Crippen LogP contribution in [-0.2, 0) is 0 Å². The molecule has 0 unspecified atom stereocenters. The van der Waals surface area contributed by atoms with Crippen molar-refractivity contribution in [2.75, 3.05) is 4.90 Å². The highest BCUT2D eigenvalue weighted by molar-refractivity contribution is 6.09. The van der Waals surface area contributed by atoms with Gasteiger partial charge in [0.1, 0.15) is 16.7 Å².